The van der Waals surface area contributed by atoms with E-state index in [0.717, 1.165) is 90.2 Å². The van der Waals surface area contributed by atoms with Gasteiger partial charge in [-0.2, -0.15) is 0 Å². The number of aromatic nitrogens is 1. The monoisotopic (exact) mass is 509 g/mol. The maximum atomic E-state index is 12.7. The van der Waals surface area contributed by atoms with Crippen molar-refractivity contribution in [2.75, 3.05) is 44.7 Å². The minimum Gasteiger partial charge on any atom is -0.481 e. The van der Waals surface area contributed by atoms with Gasteiger partial charge in [0.2, 0.25) is 5.91 Å². The molecule has 0 aliphatic carbocycles. The molecule has 0 radical (unpaired) electrons. The van der Waals surface area contributed by atoms with Crippen molar-refractivity contribution in [3.63, 3.8) is 0 Å². The summed E-state index contributed by atoms with van der Waals surface area (Å²) in [6, 6.07) is 4.68. The molecule has 0 bridgehead atoms. The van der Waals surface area contributed by atoms with Gasteiger partial charge in [0.05, 0.1) is 5.92 Å². The topological polar surface area (TPSA) is 167 Å². The van der Waals surface area contributed by atoms with Crippen molar-refractivity contribution in [2.24, 2.45) is 11.7 Å². The third-order valence-electron chi connectivity index (χ3n) is 5.76. The van der Waals surface area contributed by atoms with E-state index in [1.54, 1.807) is 0 Å². The lowest BCUT2D eigenvalue weighted by Crippen LogP contribution is -2.47. The molecule has 36 heavy (non-hydrogen) atoms. The van der Waals surface area contributed by atoms with Crippen LogP contribution in [0.4, 0.5) is 5.82 Å². The van der Waals surface area contributed by atoms with Crippen molar-refractivity contribution in [2.45, 2.75) is 65.0 Å². The maximum Gasteiger partial charge on any atom is 0.300 e. The maximum absolute atomic E-state index is 12.7. The van der Waals surface area contributed by atoms with E-state index < -0.39 is 11.9 Å². The van der Waals surface area contributed by atoms with Crippen LogP contribution in [0.25, 0.3) is 0 Å². The van der Waals surface area contributed by atoms with Crippen molar-refractivity contribution in [3.8, 4) is 0 Å². The van der Waals surface area contributed by atoms with Crippen LogP contribution in [0.5, 0.6) is 0 Å². The number of carbonyl (C=O) groups is 3. The van der Waals surface area contributed by atoms with Crippen LogP contribution >= 0.6 is 0 Å². The predicted molar refractivity (Wildman–Crippen MR) is 138 cm³/mol. The molecule has 204 valence electrons. The molecule has 1 aromatic rings. The summed E-state index contributed by atoms with van der Waals surface area (Å²) >= 11 is 0. The molecular weight excluding hydrogens is 466 g/mol. The van der Waals surface area contributed by atoms with Gasteiger partial charge in [-0.15, -0.1) is 0 Å². The van der Waals surface area contributed by atoms with E-state index in [1.165, 1.54) is 0 Å². The van der Waals surface area contributed by atoms with E-state index in [1.807, 2.05) is 25.3 Å². The third-order valence-corrected chi connectivity index (χ3v) is 5.76. The first-order valence-corrected chi connectivity index (χ1v) is 12.5. The van der Waals surface area contributed by atoms with E-state index in [9.17, 15) is 4.79 Å². The summed E-state index contributed by atoms with van der Waals surface area (Å²) < 4.78 is 5.49. The Morgan fingerprint density at radius 2 is 1.69 bits per heavy atom. The number of likely N-dealkylation sites (tertiary alicyclic amines) is 1. The average molecular weight is 510 g/mol. The smallest absolute Gasteiger partial charge is 0.300 e. The average Bonchev–Trinajstić information content (AvgIpc) is 3.01. The molecule has 2 aliphatic heterocycles. The van der Waals surface area contributed by atoms with E-state index in [2.05, 4.69) is 20.5 Å². The number of nitrogens with two attached hydrogens (primary N) is 1. The van der Waals surface area contributed by atoms with Crippen molar-refractivity contribution in [1.29, 1.82) is 0 Å². The number of hydrogen-bond acceptors (Lipinski definition) is 8. The molecule has 2 saturated heterocycles. The van der Waals surface area contributed by atoms with E-state index in [-0.39, 0.29) is 17.9 Å². The van der Waals surface area contributed by atoms with Crippen LogP contribution in [-0.4, -0.2) is 89.4 Å². The van der Waals surface area contributed by atoms with Crippen LogP contribution in [0, 0.1) is 12.8 Å². The summed E-state index contributed by atoms with van der Waals surface area (Å²) in [6.45, 7) is 9.00. The van der Waals surface area contributed by atoms with Gasteiger partial charge in [0.15, 0.2) is 0 Å². The molecule has 2 fully saturated rings. The molecule has 3 rings (SSSR count). The van der Waals surface area contributed by atoms with Gasteiger partial charge < -0.3 is 31.3 Å². The molecular formula is C25H43N5O6. The zero-order chi connectivity index (χ0) is 26.9. The Balaban J connectivity index is 0.000000709. The quantitative estimate of drug-likeness (QED) is 0.341. The largest absolute Gasteiger partial charge is 0.481 e. The normalized spacial score (nSPS) is 20.4. The number of aliphatic carboxylic acids is 2. The Morgan fingerprint density at radius 3 is 2.28 bits per heavy atom. The number of pyridine rings is 1. The molecule has 0 saturated carbocycles. The standard InChI is InChI=1S/C21H35N5O2.2C2H4O2/c1-16-3-6-20(25-13-16)23-9-2-10-24-21(27)17-4-5-18(22)15-26(14-17)19-7-11-28-12-8-19;2*1-2(3)4/h3,6,13,17-19H,2,4-5,7-12,14-15,22H2,1H3,(H,23,25)(H,24,27);2*1H3,(H,3,4)/t17-,18+;;/m1../s1. The number of ether oxygens (including phenoxy) is 1. The van der Waals surface area contributed by atoms with Gasteiger partial charge in [-0.3, -0.25) is 19.3 Å². The van der Waals surface area contributed by atoms with Gasteiger partial charge in [-0.25, -0.2) is 4.98 Å². The molecule has 0 unspecified atom stereocenters. The highest BCUT2D eigenvalue weighted by Gasteiger charge is 2.31. The SMILES string of the molecule is CC(=O)O.CC(=O)O.Cc1ccc(NCCCNC(=O)[C@@H]2CC[C@H](N)CN(C3CCOCC3)C2)nc1. The molecule has 3 heterocycles. The Hall–Kier alpha value is -2.76. The number of carbonyl (C=O) groups excluding carboxylic acids is 1. The van der Waals surface area contributed by atoms with Crippen LogP contribution < -0.4 is 16.4 Å². The van der Waals surface area contributed by atoms with Gasteiger partial charge >= 0.3 is 0 Å². The Kier molecular flexibility index (Phi) is 15.3. The number of amides is 1. The molecule has 0 aromatic carbocycles. The van der Waals surface area contributed by atoms with Crippen LogP contribution in [0.2, 0.25) is 0 Å². The number of nitrogens with zero attached hydrogens (tertiary/aromatic N) is 2. The van der Waals surface area contributed by atoms with Gasteiger partial charge in [0.25, 0.3) is 11.9 Å². The number of nitrogens with one attached hydrogen (secondary N) is 2. The Labute approximate surface area is 213 Å². The number of carboxylic acids is 2. The Morgan fingerprint density at radius 1 is 1.06 bits per heavy atom. The number of hydrogen-bond donors (Lipinski definition) is 5. The van der Waals surface area contributed by atoms with Crippen molar-refractivity contribution < 1.29 is 29.3 Å². The molecule has 1 amide bonds. The first-order chi connectivity index (χ1) is 17.1. The summed E-state index contributed by atoms with van der Waals surface area (Å²) in [6.07, 6.45) is 6.60. The van der Waals surface area contributed by atoms with Crippen LogP contribution in [0.1, 0.15) is 51.5 Å². The van der Waals surface area contributed by atoms with Crippen molar-refractivity contribution in [1.82, 2.24) is 15.2 Å². The second-order valence-corrected chi connectivity index (χ2v) is 9.16. The number of carboxylic acid groups (broad SMARTS) is 2. The van der Waals surface area contributed by atoms with Crippen LogP contribution in [-0.2, 0) is 19.1 Å². The summed E-state index contributed by atoms with van der Waals surface area (Å²) in [5.74, 6) is -0.593. The van der Waals surface area contributed by atoms with Gasteiger partial charge in [-0.1, -0.05) is 6.07 Å². The molecule has 11 nitrogen and oxygen atoms in total. The number of aryl methyl sites for hydroxylation is 1. The van der Waals surface area contributed by atoms with E-state index in [4.69, 9.17) is 30.3 Å². The molecule has 2 atom stereocenters. The highest BCUT2D eigenvalue weighted by molar-refractivity contribution is 5.78. The van der Waals surface area contributed by atoms with Gasteiger partial charge in [0.1, 0.15) is 5.82 Å². The highest BCUT2D eigenvalue weighted by Crippen LogP contribution is 2.22. The predicted octanol–water partition coefficient (Wildman–Crippen LogP) is 1.71. The lowest BCUT2D eigenvalue weighted by molar-refractivity contribution is -0.135. The molecule has 1 aromatic heterocycles. The second-order valence-electron chi connectivity index (χ2n) is 9.16. The van der Waals surface area contributed by atoms with Gasteiger partial charge in [-0.05, 0) is 50.7 Å². The fourth-order valence-electron chi connectivity index (χ4n) is 4.05. The lowest BCUT2D eigenvalue weighted by Gasteiger charge is -2.35. The van der Waals surface area contributed by atoms with Crippen molar-refractivity contribution in [3.05, 3.63) is 23.9 Å². The van der Waals surface area contributed by atoms with E-state index in [0.29, 0.717) is 12.6 Å². The zero-order valence-corrected chi connectivity index (χ0v) is 21.7. The van der Waals surface area contributed by atoms with Crippen LogP contribution in [0.3, 0.4) is 0 Å². The zero-order valence-electron chi connectivity index (χ0n) is 21.7. The molecule has 11 heteroatoms. The first-order valence-electron chi connectivity index (χ1n) is 12.5. The highest BCUT2D eigenvalue weighted by atomic mass is 16.5. The molecule has 2 aliphatic rings. The fourth-order valence-corrected chi connectivity index (χ4v) is 4.05. The first kappa shape index (κ1) is 31.3. The van der Waals surface area contributed by atoms with Crippen LogP contribution in [0.15, 0.2) is 18.3 Å². The lowest BCUT2D eigenvalue weighted by atomic mass is 10.0. The number of rotatable bonds is 7. The van der Waals surface area contributed by atoms with Crippen molar-refractivity contribution >= 4 is 23.7 Å². The second kappa shape index (κ2) is 17.6. The summed E-state index contributed by atoms with van der Waals surface area (Å²) in [7, 11) is 0. The summed E-state index contributed by atoms with van der Waals surface area (Å²) in [5.41, 5.74) is 7.43. The number of anilines is 1. The van der Waals surface area contributed by atoms with Gasteiger partial charge in [0, 0.05) is 71.5 Å². The Bertz CT molecular complexity index is 766. The minimum atomic E-state index is -0.833. The molecule has 0 spiro atoms. The third kappa shape index (κ3) is 14.6. The van der Waals surface area contributed by atoms with E-state index >= 15 is 0 Å². The summed E-state index contributed by atoms with van der Waals surface area (Å²) in [4.78, 5) is 37.5. The summed E-state index contributed by atoms with van der Waals surface area (Å²) in [5, 5.41) is 21.2. The molecule has 6 N–H and O–H groups in total. The minimum absolute atomic E-state index is 0.0307. The fraction of sp³-hybridized carbons (Fsp3) is 0.680.